The summed E-state index contributed by atoms with van der Waals surface area (Å²) >= 11 is 0. The van der Waals surface area contributed by atoms with E-state index in [0.29, 0.717) is 6.67 Å². The second-order valence-electron chi connectivity index (χ2n) is 5.54. The van der Waals surface area contributed by atoms with E-state index in [4.69, 9.17) is 5.73 Å². The number of ether oxygens (including phenoxy) is 1. The van der Waals surface area contributed by atoms with Crippen LogP contribution >= 0.6 is 0 Å². The molecule has 1 aromatic carbocycles. The van der Waals surface area contributed by atoms with E-state index < -0.39 is 6.61 Å². The molecular weight excluding hydrogens is 290 g/mol. The van der Waals surface area contributed by atoms with E-state index in [1.165, 1.54) is 0 Å². The summed E-state index contributed by atoms with van der Waals surface area (Å²) in [6.45, 7) is -0.231. The van der Waals surface area contributed by atoms with Gasteiger partial charge >= 0.3 is 6.61 Å². The number of nitrogens with two attached hydrogens (primary N) is 1. The molecule has 2 heterocycles. The number of piperidine rings is 1. The van der Waals surface area contributed by atoms with Crippen LogP contribution in [-0.4, -0.2) is 42.4 Å². The van der Waals surface area contributed by atoms with Gasteiger partial charge < -0.3 is 15.4 Å². The minimum atomic E-state index is -2.80. The van der Waals surface area contributed by atoms with Crippen LogP contribution in [0.25, 0.3) is 0 Å². The molecule has 1 unspecified atom stereocenters. The number of nitrogens with zero attached hydrogens (tertiary/aromatic N) is 3. The third-order valence-electron chi connectivity index (χ3n) is 3.91. The van der Waals surface area contributed by atoms with Crippen LogP contribution in [0.3, 0.4) is 0 Å². The Balaban J connectivity index is 1.59. The Kier molecular flexibility index (Phi) is 4.44. The first-order valence-corrected chi connectivity index (χ1v) is 7.39. The van der Waals surface area contributed by atoms with E-state index in [9.17, 15) is 8.78 Å². The minimum absolute atomic E-state index is 0.167. The summed E-state index contributed by atoms with van der Waals surface area (Å²) in [6, 6.07) is 6.87. The molecule has 2 aliphatic heterocycles. The fraction of sp³-hybridized carbons (Fsp3) is 0.467. The van der Waals surface area contributed by atoms with Gasteiger partial charge in [0.15, 0.2) is 0 Å². The molecule has 120 valence electrons. The van der Waals surface area contributed by atoms with Crippen LogP contribution in [-0.2, 0) is 0 Å². The Hall–Kier alpha value is -1.86. The van der Waals surface area contributed by atoms with Crippen molar-refractivity contribution in [3.63, 3.8) is 0 Å². The van der Waals surface area contributed by atoms with Gasteiger partial charge in [-0.15, -0.1) is 0 Å². The van der Waals surface area contributed by atoms with Crippen molar-refractivity contribution in [3.8, 4) is 5.75 Å². The lowest BCUT2D eigenvalue weighted by atomic mass is 10.1. The topological polar surface area (TPSA) is 45.0 Å². The highest BCUT2D eigenvalue weighted by atomic mass is 19.3. The Morgan fingerprint density at radius 3 is 2.64 bits per heavy atom. The zero-order valence-corrected chi connectivity index (χ0v) is 12.2. The molecule has 1 saturated heterocycles. The molecule has 0 radical (unpaired) electrons. The molecule has 5 nitrogen and oxygen atoms in total. The molecule has 1 aromatic rings. The predicted octanol–water partition coefficient (Wildman–Crippen LogP) is 2.18. The molecule has 1 atom stereocenters. The van der Waals surface area contributed by atoms with Gasteiger partial charge in [0.2, 0.25) is 0 Å². The fourth-order valence-corrected chi connectivity index (χ4v) is 2.80. The maximum absolute atomic E-state index is 12.1. The molecule has 0 saturated carbocycles. The Bertz CT molecular complexity index is 523. The molecule has 2 N–H and O–H groups in total. The Morgan fingerprint density at radius 1 is 1.18 bits per heavy atom. The lowest BCUT2D eigenvalue weighted by Crippen LogP contribution is -2.50. The van der Waals surface area contributed by atoms with Gasteiger partial charge in [-0.2, -0.15) is 8.78 Å². The summed E-state index contributed by atoms with van der Waals surface area (Å²) in [5.74, 6) is 0.167. The van der Waals surface area contributed by atoms with Gasteiger partial charge in [-0.3, -0.25) is 5.01 Å². The summed E-state index contributed by atoms with van der Waals surface area (Å²) in [7, 11) is 0. The van der Waals surface area contributed by atoms with Crippen LogP contribution in [0.4, 0.5) is 14.5 Å². The number of hydrogen-bond donors (Lipinski definition) is 1. The molecule has 0 aliphatic carbocycles. The third-order valence-corrected chi connectivity index (χ3v) is 3.91. The van der Waals surface area contributed by atoms with Gasteiger partial charge in [-0.25, -0.2) is 5.01 Å². The van der Waals surface area contributed by atoms with E-state index >= 15 is 0 Å². The van der Waals surface area contributed by atoms with E-state index in [-0.39, 0.29) is 11.8 Å². The standard InChI is InChI=1S/C15H20F2N4O/c16-15(17)22-14-5-3-13(4-6-14)19-8-9-21(11-19)20-7-1-2-12(18)10-20/h3-6,8-9,12,15H,1-2,7,10-11,18H2. The summed E-state index contributed by atoms with van der Waals surface area (Å²) < 4.78 is 28.6. The zero-order valence-electron chi connectivity index (χ0n) is 12.2. The highest BCUT2D eigenvalue weighted by molar-refractivity contribution is 5.52. The van der Waals surface area contributed by atoms with Crippen molar-refractivity contribution in [2.75, 3.05) is 24.7 Å². The first-order valence-electron chi connectivity index (χ1n) is 7.39. The van der Waals surface area contributed by atoms with Crippen molar-refractivity contribution in [2.24, 2.45) is 5.73 Å². The average Bonchev–Trinajstić information content (AvgIpc) is 2.97. The summed E-state index contributed by atoms with van der Waals surface area (Å²) in [5.41, 5.74) is 6.95. The van der Waals surface area contributed by atoms with Gasteiger partial charge in [-0.05, 0) is 37.1 Å². The minimum Gasteiger partial charge on any atom is -0.435 e. The molecule has 22 heavy (non-hydrogen) atoms. The van der Waals surface area contributed by atoms with Crippen LogP contribution in [0.15, 0.2) is 36.7 Å². The van der Waals surface area contributed by atoms with E-state index in [1.807, 2.05) is 17.3 Å². The van der Waals surface area contributed by atoms with Crippen LogP contribution < -0.4 is 15.4 Å². The van der Waals surface area contributed by atoms with E-state index in [2.05, 4.69) is 14.8 Å². The molecule has 0 spiro atoms. The first kappa shape index (κ1) is 15.1. The summed E-state index contributed by atoms with van der Waals surface area (Å²) in [6.07, 6.45) is 6.17. The maximum Gasteiger partial charge on any atom is 0.387 e. The predicted molar refractivity (Wildman–Crippen MR) is 80.2 cm³/mol. The molecule has 0 bridgehead atoms. The molecule has 1 fully saturated rings. The second kappa shape index (κ2) is 6.50. The number of hydrogen-bond acceptors (Lipinski definition) is 5. The number of benzene rings is 1. The fourth-order valence-electron chi connectivity index (χ4n) is 2.80. The van der Waals surface area contributed by atoms with Crippen molar-refractivity contribution in [1.29, 1.82) is 0 Å². The zero-order chi connectivity index (χ0) is 15.5. The summed E-state index contributed by atoms with van der Waals surface area (Å²) in [5, 5.41) is 4.39. The highest BCUT2D eigenvalue weighted by Gasteiger charge is 2.24. The smallest absolute Gasteiger partial charge is 0.387 e. The number of alkyl halides is 2. The van der Waals surface area contributed by atoms with Gasteiger partial charge in [-0.1, -0.05) is 0 Å². The van der Waals surface area contributed by atoms with Gasteiger partial charge in [0.25, 0.3) is 0 Å². The van der Waals surface area contributed by atoms with Gasteiger partial charge in [0, 0.05) is 37.2 Å². The molecular formula is C15H20F2N4O. The van der Waals surface area contributed by atoms with Gasteiger partial charge in [0.05, 0.1) is 0 Å². The second-order valence-corrected chi connectivity index (χ2v) is 5.54. The number of hydrazine groups is 1. The number of halogens is 2. The molecule has 7 heteroatoms. The van der Waals surface area contributed by atoms with E-state index in [0.717, 1.165) is 31.6 Å². The SMILES string of the molecule is NC1CCCN(N2C=CN(c3ccc(OC(F)F)cc3)C2)C1. The van der Waals surface area contributed by atoms with Crippen molar-refractivity contribution in [2.45, 2.75) is 25.5 Å². The van der Waals surface area contributed by atoms with Crippen LogP contribution in [0, 0.1) is 0 Å². The largest absolute Gasteiger partial charge is 0.435 e. The number of anilines is 1. The van der Waals surface area contributed by atoms with Crippen molar-refractivity contribution in [3.05, 3.63) is 36.7 Å². The number of rotatable bonds is 4. The van der Waals surface area contributed by atoms with E-state index in [1.54, 1.807) is 24.3 Å². The quantitative estimate of drug-likeness (QED) is 0.923. The Labute approximate surface area is 128 Å². The summed E-state index contributed by atoms with van der Waals surface area (Å²) in [4.78, 5) is 2.05. The lowest BCUT2D eigenvalue weighted by molar-refractivity contribution is -0.0498. The van der Waals surface area contributed by atoms with Crippen LogP contribution in [0.2, 0.25) is 0 Å². The van der Waals surface area contributed by atoms with Crippen LogP contribution in [0.1, 0.15) is 12.8 Å². The molecule has 0 aromatic heterocycles. The molecule has 0 amide bonds. The van der Waals surface area contributed by atoms with Crippen molar-refractivity contribution >= 4 is 5.69 Å². The third kappa shape index (κ3) is 3.48. The Morgan fingerprint density at radius 2 is 1.95 bits per heavy atom. The first-order chi connectivity index (χ1) is 10.6. The highest BCUT2D eigenvalue weighted by Crippen LogP contribution is 2.25. The normalized spacial score (nSPS) is 22.6. The monoisotopic (exact) mass is 310 g/mol. The van der Waals surface area contributed by atoms with Crippen LogP contribution in [0.5, 0.6) is 5.75 Å². The lowest BCUT2D eigenvalue weighted by Gasteiger charge is -2.37. The van der Waals surface area contributed by atoms with Gasteiger partial charge in [0.1, 0.15) is 12.4 Å². The molecule has 3 rings (SSSR count). The maximum atomic E-state index is 12.1. The molecule has 2 aliphatic rings. The van der Waals surface area contributed by atoms with Crippen molar-refractivity contribution in [1.82, 2.24) is 10.0 Å². The van der Waals surface area contributed by atoms with Crippen molar-refractivity contribution < 1.29 is 13.5 Å². The average molecular weight is 310 g/mol.